The van der Waals surface area contributed by atoms with E-state index in [1.165, 1.54) is 0 Å². The molecule has 0 amide bonds. The van der Waals surface area contributed by atoms with E-state index in [1.54, 1.807) is 11.8 Å². The summed E-state index contributed by atoms with van der Waals surface area (Å²) in [5.74, 6) is 0.961. The maximum Gasteiger partial charge on any atom is 0.269 e. The molecule has 0 aliphatic heterocycles. The topological polar surface area (TPSA) is 56.7 Å². The van der Waals surface area contributed by atoms with Crippen molar-refractivity contribution in [3.05, 3.63) is 99.3 Å². The molecule has 2 heterocycles. The summed E-state index contributed by atoms with van der Waals surface area (Å²) in [7, 11) is 0. The normalized spacial score (nSPS) is 14.2. The van der Waals surface area contributed by atoms with Gasteiger partial charge < -0.3 is 4.42 Å². The van der Waals surface area contributed by atoms with Gasteiger partial charge in [0.1, 0.15) is 0 Å². The Morgan fingerprint density at radius 1 is 0.861 bits per heavy atom. The Morgan fingerprint density at radius 3 is 2.17 bits per heavy atom. The summed E-state index contributed by atoms with van der Waals surface area (Å²) < 4.78 is 8.15. The second kappa shape index (κ2) is 9.27. The summed E-state index contributed by atoms with van der Waals surface area (Å²) in [6.45, 7) is 0. The van der Waals surface area contributed by atoms with E-state index in [-0.39, 0.29) is 5.41 Å². The van der Waals surface area contributed by atoms with Crippen LogP contribution in [0.25, 0.3) is 28.5 Å². The summed E-state index contributed by atoms with van der Waals surface area (Å²) in [4.78, 5) is 0.906. The van der Waals surface area contributed by atoms with Crippen molar-refractivity contribution < 1.29 is 4.42 Å². The highest BCUT2D eigenvalue weighted by Crippen LogP contribution is 2.53. The summed E-state index contributed by atoms with van der Waals surface area (Å²) in [5.41, 5.74) is 4.03. The minimum Gasteiger partial charge on any atom is -0.418 e. The molecular weight excluding hydrogens is 535 g/mol. The molecule has 6 rings (SSSR count). The number of benzene rings is 3. The van der Waals surface area contributed by atoms with Crippen LogP contribution in [-0.4, -0.2) is 26.2 Å². The molecule has 0 unspecified atom stereocenters. The summed E-state index contributed by atoms with van der Waals surface area (Å²) >= 11 is 20.4. The first-order valence-corrected chi connectivity index (χ1v) is 13.6. The molecule has 0 bridgehead atoms. The van der Waals surface area contributed by atoms with Crippen LogP contribution in [0, 0.1) is 0 Å². The highest BCUT2D eigenvalue weighted by molar-refractivity contribution is 7.98. The predicted octanol–water partition coefficient (Wildman–Crippen LogP) is 8.35. The van der Waals surface area contributed by atoms with Crippen LogP contribution >= 0.6 is 46.6 Å². The van der Waals surface area contributed by atoms with Crippen LogP contribution < -0.4 is 0 Å². The van der Waals surface area contributed by atoms with E-state index in [2.05, 4.69) is 10.2 Å². The Labute approximate surface area is 227 Å². The van der Waals surface area contributed by atoms with Crippen LogP contribution in [0.15, 0.2) is 82.1 Å². The van der Waals surface area contributed by atoms with E-state index in [0.29, 0.717) is 32.5 Å². The monoisotopic (exact) mass is 552 g/mol. The van der Waals surface area contributed by atoms with Gasteiger partial charge >= 0.3 is 0 Å². The molecule has 0 spiro atoms. The van der Waals surface area contributed by atoms with Crippen molar-refractivity contribution in [1.82, 2.24) is 20.0 Å². The van der Waals surface area contributed by atoms with E-state index in [9.17, 15) is 0 Å². The average Bonchev–Trinajstić information content (AvgIpc) is 3.38. The lowest BCUT2D eigenvalue weighted by atomic mass is 9.96. The van der Waals surface area contributed by atoms with Crippen LogP contribution in [0.5, 0.6) is 0 Å². The highest BCUT2D eigenvalue weighted by atomic mass is 35.5. The van der Waals surface area contributed by atoms with Gasteiger partial charge in [-0.25, -0.2) is 4.68 Å². The van der Waals surface area contributed by atoms with Crippen LogP contribution in [0.4, 0.5) is 0 Å². The molecule has 180 valence electrons. The van der Waals surface area contributed by atoms with Crippen molar-refractivity contribution in [2.75, 3.05) is 6.26 Å². The van der Waals surface area contributed by atoms with E-state index in [4.69, 9.17) is 44.3 Å². The number of halogens is 3. The zero-order valence-corrected chi connectivity index (χ0v) is 22.2. The molecule has 1 fully saturated rings. The molecule has 5 nitrogen and oxygen atoms in total. The second-order valence-electron chi connectivity index (χ2n) is 8.60. The molecule has 36 heavy (non-hydrogen) atoms. The van der Waals surface area contributed by atoms with Gasteiger partial charge in [-0.1, -0.05) is 71.2 Å². The van der Waals surface area contributed by atoms with Gasteiger partial charge in [-0.2, -0.15) is 5.10 Å². The van der Waals surface area contributed by atoms with Crippen LogP contribution in [0.2, 0.25) is 15.1 Å². The quantitative estimate of drug-likeness (QED) is 0.198. The Morgan fingerprint density at radius 2 is 1.53 bits per heavy atom. The highest BCUT2D eigenvalue weighted by Gasteiger charge is 2.51. The number of para-hydroxylation sites is 1. The first-order chi connectivity index (χ1) is 17.5. The van der Waals surface area contributed by atoms with Crippen LogP contribution in [0.1, 0.15) is 24.3 Å². The van der Waals surface area contributed by atoms with E-state index in [1.807, 2.05) is 83.7 Å². The fourth-order valence-electron chi connectivity index (χ4n) is 4.43. The van der Waals surface area contributed by atoms with Crippen molar-refractivity contribution in [2.24, 2.45) is 0 Å². The molecule has 1 aliphatic rings. The molecule has 0 N–H and O–H groups in total. The number of hydrogen-bond donors (Lipinski definition) is 0. The lowest BCUT2D eigenvalue weighted by Crippen LogP contribution is -2.08. The Hall–Kier alpha value is -2.77. The van der Waals surface area contributed by atoms with E-state index >= 15 is 0 Å². The predicted molar refractivity (Wildman–Crippen MR) is 146 cm³/mol. The molecule has 2 aromatic heterocycles. The zero-order valence-electron chi connectivity index (χ0n) is 19.1. The van der Waals surface area contributed by atoms with Gasteiger partial charge in [0, 0.05) is 15.6 Å². The molecule has 3 aromatic carbocycles. The SMILES string of the molecule is CSc1c(-c2nnc(C3(c4ccc(Cl)cc4)CC3)o2)nn(-c2ccccc2Cl)c1-c1ccc(Cl)cc1. The zero-order chi connectivity index (χ0) is 24.9. The Balaban J connectivity index is 1.50. The van der Waals surface area contributed by atoms with Gasteiger partial charge in [0.2, 0.25) is 5.89 Å². The third kappa shape index (κ3) is 4.02. The fourth-order valence-corrected chi connectivity index (χ4v) is 5.62. The standard InChI is InChI=1S/C27H19Cl3N4OS/c1-36-24-22(25-31-32-26(35-25)27(14-15-27)17-8-12-19(29)13-9-17)33-34(21-5-3-2-4-20(21)30)23(24)16-6-10-18(28)11-7-16/h2-13H,14-15H2,1H3. The average molecular weight is 554 g/mol. The fraction of sp³-hybridized carbons (Fsp3) is 0.148. The van der Waals surface area contributed by atoms with Crippen LogP contribution in [-0.2, 0) is 5.41 Å². The molecule has 0 atom stereocenters. The van der Waals surface area contributed by atoms with Crippen molar-refractivity contribution >= 4 is 46.6 Å². The number of thioether (sulfide) groups is 1. The first kappa shape index (κ1) is 23.6. The van der Waals surface area contributed by atoms with Gasteiger partial charge in [-0.05, 0) is 61.1 Å². The maximum atomic E-state index is 6.60. The van der Waals surface area contributed by atoms with Crippen molar-refractivity contribution in [1.29, 1.82) is 0 Å². The lowest BCUT2D eigenvalue weighted by Gasteiger charge is -2.10. The number of aromatic nitrogens is 4. The molecule has 9 heteroatoms. The van der Waals surface area contributed by atoms with Crippen molar-refractivity contribution in [2.45, 2.75) is 23.2 Å². The van der Waals surface area contributed by atoms with Gasteiger partial charge in [0.05, 0.1) is 26.7 Å². The van der Waals surface area contributed by atoms with Crippen LogP contribution in [0.3, 0.4) is 0 Å². The van der Waals surface area contributed by atoms with Gasteiger partial charge in [0.15, 0.2) is 5.69 Å². The van der Waals surface area contributed by atoms with Crippen molar-refractivity contribution in [3.63, 3.8) is 0 Å². The molecular formula is C27H19Cl3N4OS. The third-order valence-electron chi connectivity index (χ3n) is 6.43. The van der Waals surface area contributed by atoms with Crippen molar-refractivity contribution in [3.8, 4) is 28.5 Å². The number of hydrogen-bond acceptors (Lipinski definition) is 5. The lowest BCUT2D eigenvalue weighted by molar-refractivity contribution is 0.470. The summed E-state index contributed by atoms with van der Waals surface area (Å²) in [5, 5.41) is 15.8. The van der Waals surface area contributed by atoms with Gasteiger partial charge in [-0.3, -0.25) is 0 Å². The molecule has 0 radical (unpaired) electrons. The molecule has 1 saturated carbocycles. The minimum atomic E-state index is -0.278. The second-order valence-corrected chi connectivity index (χ2v) is 10.7. The maximum absolute atomic E-state index is 6.60. The molecule has 0 saturated heterocycles. The first-order valence-electron chi connectivity index (χ1n) is 11.3. The summed E-state index contributed by atoms with van der Waals surface area (Å²) in [6, 6.07) is 23.1. The smallest absolute Gasteiger partial charge is 0.269 e. The van der Waals surface area contributed by atoms with E-state index < -0.39 is 0 Å². The number of rotatable bonds is 6. The Kier molecular flexibility index (Phi) is 6.08. The third-order valence-corrected chi connectivity index (χ3v) is 8.05. The minimum absolute atomic E-state index is 0.278. The molecule has 1 aliphatic carbocycles. The summed E-state index contributed by atoms with van der Waals surface area (Å²) in [6.07, 6.45) is 3.88. The number of nitrogens with zero attached hydrogens (tertiary/aromatic N) is 4. The Bertz CT molecular complexity index is 1560. The molecule has 5 aromatic rings. The largest absolute Gasteiger partial charge is 0.418 e. The van der Waals surface area contributed by atoms with Gasteiger partial charge in [-0.15, -0.1) is 22.0 Å². The van der Waals surface area contributed by atoms with Gasteiger partial charge in [0.25, 0.3) is 5.89 Å². The van der Waals surface area contributed by atoms with E-state index in [0.717, 1.165) is 40.2 Å².